The van der Waals surface area contributed by atoms with E-state index in [1.54, 1.807) is 11.0 Å². The van der Waals surface area contributed by atoms with E-state index in [-0.39, 0.29) is 0 Å². The number of hydrogen-bond acceptors (Lipinski definition) is 2. The minimum Gasteiger partial charge on any atom is -0.304 e. The van der Waals surface area contributed by atoms with Gasteiger partial charge in [0.1, 0.15) is 0 Å². The fraction of sp³-hybridized carbons (Fsp3) is 0.529. The number of Topliss-reactive ketones (excluding diaryl/α,β-unsaturated/α-hetero) is 1. The summed E-state index contributed by atoms with van der Waals surface area (Å²) in [5.74, 6) is -0.806. The number of hydrogen-bond donors (Lipinski definition) is 0. The normalized spacial score (nSPS) is 13.9. The van der Waals surface area contributed by atoms with Crippen molar-refractivity contribution in [1.29, 1.82) is 0 Å². The van der Waals surface area contributed by atoms with E-state index >= 15 is 0 Å². The minimum atomic E-state index is -0.403. The molecule has 5 heteroatoms. The fourth-order valence-electron chi connectivity index (χ4n) is 2.79. The summed E-state index contributed by atoms with van der Waals surface area (Å²) in [5.41, 5.74) is 1.22. The van der Waals surface area contributed by atoms with Gasteiger partial charge in [0.15, 0.2) is 0 Å². The zero-order chi connectivity index (χ0) is 16.1. The van der Waals surface area contributed by atoms with Crippen LogP contribution in [0.3, 0.4) is 0 Å². The van der Waals surface area contributed by atoms with Gasteiger partial charge in [0.25, 0.3) is 11.7 Å². The number of unbranched alkanes of at least 4 members (excludes halogenated alkanes) is 6. The monoisotopic (exact) mass is 429 g/mol. The molecule has 1 aliphatic rings. The number of anilines is 1. The Bertz CT molecular complexity index is 572. The Morgan fingerprint density at radius 2 is 1.59 bits per heavy atom. The van der Waals surface area contributed by atoms with Crippen LogP contribution in [-0.4, -0.2) is 18.2 Å². The number of benzene rings is 1. The first kappa shape index (κ1) is 17.7. The number of carbonyl (C=O) groups is 2. The molecule has 3 nitrogen and oxygen atoms in total. The SMILES string of the molecule is CCCCCCCCCN1C(=O)C(=O)c2cc(Br)cc(Br)c21. The van der Waals surface area contributed by atoms with Gasteiger partial charge in [0, 0.05) is 15.5 Å². The van der Waals surface area contributed by atoms with E-state index in [0.717, 1.165) is 27.5 Å². The lowest BCUT2D eigenvalue weighted by Crippen LogP contribution is -2.30. The largest absolute Gasteiger partial charge is 0.304 e. The predicted octanol–water partition coefficient (Wildman–Crippen LogP) is 5.49. The van der Waals surface area contributed by atoms with Crippen molar-refractivity contribution in [2.24, 2.45) is 0 Å². The zero-order valence-electron chi connectivity index (χ0n) is 12.8. The highest BCUT2D eigenvalue weighted by Gasteiger charge is 2.37. The second-order valence-electron chi connectivity index (χ2n) is 5.69. The zero-order valence-corrected chi connectivity index (χ0v) is 16.0. The number of carbonyl (C=O) groups excluding carboxylic acids is 2. The van der Waals surface area contributed by atoms with E-state index < -0.39 is 11.7 Å². The molecule has 0 saturated heterocycles. The molecule has 2 rings (SSSR count). The molecular formula is C17H21Br2NO2. The molecule has 0 unspecified atom stereocenters. The Labute approximate surface area is 148 Å². The highest BCUT2D eigenvalue weighted by Crippen LogP contribution is 2.38. The Balaban J connectivity index is 1.93. The van der Waals surface area contributed by atoms with Crippen LogP contribution in [0.25, 0.3) is 0 Å². The van der Waals surface area contributed by atoms with Crippen LogP contribution >= 0.6 is 31.9 Å². The highest BCUT2D eigenvalue weighted by molar-refractivity contribution is 9.11. The van der Waals surface area contributed by atoms with Gasteiger partial charge >= 0.3 is 0 Å². The minimum absolute atomic E-state index is 0.403. The standard InChI is InChI=1S/C17H21Br2NO2/c1-2-3-4-5-6-7-8-9-20-15-13(16(21)17(20)22)10-12(18)11-14(15)19/h10-11H,2-9H2,1H3. The molecule has 0 spiro atoms. The number of fused-ring (bicyclic) bond motifs is 1. The van der Waals surface area contributed by atoms with Crippen molar-refractivity contribution in [3.8, 4) is 0 Å². The van der Waals surface area contributed by atoms with Crippen LogP contribution in [0, 0.1) is 0 Å². The molecule has 0 saturated carbocycles. The van der Waals surface area contributed by atoms with Crippen molar-refractivity contribution in [2.75, 3.05) is 11.4 Å². The number of rotatable bonds is 8. The van der Waals surface area contributed by atoms with E-state index in [4.69, 9.17) is 0 Å². The molecule has 0 N–H and O–H groups in total. The maximum absolute atomic E-state index is 12.2. The number of ketones is 1. The first-order valence-electron chi connectivity index (χ1n) is 7.91. The molecule has 1 heterocycles. The van der Waals surface area contributed by atoms with Crippen LogP contribution in [-0.2, 0) is 4.79 Å². The van der Waals surface area contributed by atoms with Gasteiger partial charge in [0.05, 0.1) is 11.3 Å². The van der Waals surface area contributed by atoms with E-state index in [1.165, 1.54) is 32.1 Å². The average Bonchev–Trinajstić information content (AvgIpc) is 2.71. The summed E-state index contributed by atoms with van der Waals surface area (Å²) in [6.07, 6.45) is 8.34. The Morgan fingerprint density at radius 3 is 2.27 bits per heavy atom. The van der Waals surface area contributed by atoms with Gasteiger partial charge in [-0.2, -0.15) is 0 Å². The Hall–Kier alpha value is -0.680. The summed E-state index contributed by atoms with van der Waals surface area (Å²) in [4.78, 5) is 25.9. The van der Waals surface area contributed by atoms with E-state index in [2.05, 4.69) is 38.8 Å². The van der Waals surface area contributed by atoms with Gasteiger partial charge < -0.3 is 4.90 Å². The maximum Gasteiger partial charge on any atom is 0.299 e. The molecule has 0 aromatic heterocycles. The summed E-state index contributed by atoms with van der Waals surface area (Å²) in [6, 6.07) is 3.60. The molecular weight excluding hydrogens is 410 g/mol. The molecule has 0 radical (unpaired) electrons. The first-order valence-corrected chi connectivity index (χ1v) is 9.50. The molecule has 0 atom stereocenters. The number of amides is 1. The summed E-state index contributed by atoms with van der Waals surface area (Å²) in [6.45, 7) is 2.83. The van der Waals surface area contributed by atoms with Gasteiger partial charge in [-0.3, -0.25) is 9.59 Å². The van der Waals surface area contributed by atoms with Gasteiger partial charge in [-0.05, 0) is 34.5 Å². The molecule has 0 fully saturated rings. The molecule has 0 bridgehead atoms. The summed E-state index contributed by atoms with van der Waals surface area (Å²) < 4.78 is 1.59. The van der Waals surface area contributed by atoms with Crippen molar-refractivity contribution in [3.05, 3.63) is 26.6 Å². The van der Waals surface area contributed by atoms with Crippen molar-refractivity contribution >= 4 is 49.2 Å². The maximum atomic E-state index is 12.2. The van der Waals surface area contributed by atoms with E-state index in [0.29, 0.717) is 12.1 Å². The predicted molar refractivity (Wildman–Crippen MR) is 96.5 cm³/mol. The summed E-state index contributed by atoms with van der Waals surface area (Å²) >= 11 is 6.83. The van der Waals surface area contributed by atoms with E-state index in [1.807, 2.05) is 6.07 Å². The first-order chi connectivity index (χ1) is 10.6. The van der Waals surface area contributed by atoms with Gasteiger partial charge in [-0.15, -0.1) is 0 Å². The molecule has 1 amide bonds. The third-order valence-electron chi connectivity index (χ3n) is 3.97. The average molecular weight is 431 g/mol. The van der Waals surface area contributed by atoms with Crippen LogP contribution in [0.5, 0.6) is 0 Å². The fourth-order valence-corrected chi connectivity index (χ4v) is 4.23. The number of nitrogens with zero attached hydrogens (tertiary/aromatic N) is 1. The van der Waals surface area contributed by atoms with Crippen LogP contribution in [0.2, 0.25) is 0 Å². The van der Waals surface area contributed by atoms with Crippen molar-refractivity contribution < 1.29 is 9.59 Å². The summed E-state index contributed by atoms with van der Waals surface area (Å²) in [5, 5.41) is 0. The van der Waals surface area contributed by atoms with Crippen LogP contribution < -0.4 is 4.90 Å². The van der Waals surface area contributed by atoms with Gasteiger partial charge in [-0.1, -0.05) is 61.4 Å². The van der Waals surface area contributed by atoms with Crippen molar-refractivity contribution in [3.63, 3.8) is 0 Å². The lowest BCUT2D eigenvalue weighted by Gasteiger charge is -2.17. The van der Waals surface area contributed by atoms with Gasteiger partial charge in [0.2, 0.25) is 0 Å². The third-order valence-corrected chi connectivity index (χ3v) is 5.03. The molecule has 0 aliphatic carbocycles. The molecule has 1 aromatic carbocycles. The Morgan fingerprint density at radius 1 is 0.955 bits per heavy atom. The molecule has 22 heavy (non-hydrogen) atoms. The molecule has 1 aromatic rings. The van der Waals surface area contributed by atoms with Crippen LogP contribution in [0.1, 0.15) is 62.2 Å². The quantitative estimate of drug-likeness (QED) is 0.403. The lowest BCUT2D eigenvalue weighted by atomic mass is 10.1. The third kappa shape index (κ3) is 3.99. The second kappa shape index (κ2) is 8.25. The van der Waals surface area contributed by atoms with Gasteiger partial charge in [-0.25, -0.2) is 0 Å². The highest BCUT2D eigenvalue weighted by atomic mass is 79.9. The Kier molecular flexibility index (Phi) is 6.63. The topological polar surface area (TPSA) is 37.4 Å². The second-order valence-corrected chi connectivity index (χ2v) is 7.46. The molecule has 1 aliphatic heterocycles. The van der Waals surface area contributed by atoms with Crippen molar-refractivity contribution in [1.82, 2.24) is 0 Å². The van der Waals surface area contributed by atoms with Crippen LogP contribution in [0.4, 0.5) is 5.69 Å². The van der Waals surface area contributed by atoms with E-state index in [9.17, 15) is 9.59 Å². The van der Waals surface area contributed by atoms with Crippen LogP contribution in [0.15, 0.2) is 21.1 Å². The smallest absolute Gasteiger partial charge is 0.299 e. The number of halogens is 2. The summed E-state index contributed by atoms with van der Waals surface area (Å²) in [7, 11) is 0. The molecule has 120 valence electrons. The lowest BCUT2D eigenvalue weighted by molar-refractivity contribution is -0.114. The van der Waals surface area contributed by atoms with Crippen molar-refractivity contribution in [2.45, 2.75) is 51.9 Å².